The van der Waals surface area contributed by atoms with Crippen LogP contribution < -0.4 is 5.32 Å². The van der Waals surface area contributed by atoms with Crippen LogP contribution in [-0.4, -0.2) is 12.6 Å². The Bertz CT molecular complexity index is 397. The summed E-state index contributed by atoms with van der Waals surface area (Å²) < 4.78 is 38.5. The standard InChI is InChI=1S/C12H13ClF3N/c13-9-4-3-8(6-10-2-1-5-17-10)11(7-9)12(14,15)16/h3-4,7,10,17H,1-2,5-6H2. The van der Waals surface area contributed by atoms with Gasteiger partial charge in [0.1, 0.15) is 0 Å². The molecule has 1 unspecified atom stereocenters. The second kappa shape index (κ2) is 4.86. The Morgan fingerprint density at radius 3 is 2.71 bits per heavy atom. The SMILES string of the molecule is FC(F)(F)c1cc(Cl)ccc1CC1CCCN1. The van der Waals surface area contributed by atoms with Gasteiger partial charge in [0.25, 0.3) is 0 Å². The van der Waals surface area contributed by atoms with E-state index in [4.69, 9.17) is 11.6 Å². The highest BCUT2D eigenvalue weighted by atomic mass is 35.5. The number of hydrogen-bond donors (Lipinski definition) is 1. The maximum atomic E-state index is 12.8. The quantitative estimate of drug-likeness (QED) is 0.859. The lowest BCUT2D eigenvalue weighted by molar-refractivity contribution is -0.138. The third kappa shape index (κ3) is 3.13. The second-order valence-electron chi connectivity index (χ2n) is 4.30. The van der Waals surface area contributed by atoms with Crippen molar-refractivity contribution in [2.45, 2.75) is 31.5 Å². The summed E-state index contributed by atoms with van der Waals surface area (Å²) in [6.45, 7) is 0.888. The van der Waals surface area contributed by atoms with Gasteiger partial charge >= 0.3 is 6.18 Å². The zero-order valence-corrected chi connectivity index (χ0v) is 9.91. The maximum Gasteiger partial charge on any atom is 0.416 e. The predicted molar refractivity (Wildman–Crippen MR) is 61.2 cm³/mol. The minimum absolute atomic E-state index is 0.125. The van der Waals surface area contributed by atoms with Gasteiger partial charge in [-0.1, -0.05) is 17.7 Å². The molecule has 94 valence electrons. The lowest BCUT2D eigenvalue weighted by Gasteiger charge is -2.16. The molecule has 1 saturated heterocycles. The molecule has 17 heavy (non-hydrogen) atoms. The van der Waals surface area contributed by atoms with E-state index in [-0.39, 0.29) is 11.1 Å². The molecule has 0 amide bonds. The Morgan fingerprint density at radius 2 is 2.12 bits per heavy atom. The van der Waals surface area contributed by atoms with E-state index < -0.39 is 11.7 Å². The largest absolute Gasteiger partial charge is 0.416 e. The molecule has 0 saturated carbocycles. The molecule has 0 spiro atoms. The van der Waals surface area contributed by atoms with E-state index in [0.717, 1.165) is 25.5 Å². The lowest BCUT2D eigenvalue weighted by atomic mass is 9.99. The average Bonchev–Trinajstić information content (AvgIpc) is 2.72. The van der Waals surface area contributed by atoms with Crippen LogP contribution in [0.25, 0.3) is 0 Å². The van der Waals surface area contributed by atoms with Gasteiger partial charge in [0.05, 0.1) is 5.56 Å². The van der Waals surface area contributed by atoms with Crippen LogP contribution in [0.15, 0.2) is 18.2 Å². The van der Waals surface area contributed by atoms with Crippen molar-refractivity contribution >= 4 is 11.6 Å². The molecule has 0 bridgehead atoms. The first-order valence-electron chi connectivity index (χ1n) is 5.56. The summed E-state index contributed by atoms with van der Waals surface area (Å²) in [4.78, 5) is 0. The first kappa shape index (κ1) is 12.7. The molecular formula is C12H13ClF3N. The molecule has 2 rings (SSSR count). The molecular weight excluding hydrogens is 251 g/mol. The number of alkyl halides is 3. The van der Waals surface area contributed by atoms with Crippen molar-refractivity contribution in [2.24, 2.45) is 0 Å². The van der Waals surface area contributed by atoms with Crippen LogP contribution >= 0.6 is 11.6 Å². The van der Waals surface area contributed by atoms with Gasteiger partial charge in [-0.2, -0.15) is 13.2 Å². The monoisotopic (exact) mass is 263 g/mol. The van der Waals surface area contributed by atoms with Crippen LogP contribution in [0.5, 0.6) is 0 Å². The Hall–Kier alpha value is -0.740. The summed E-state index contributed by atoms with van der Waals surface area (Å²) in [5.74, 6) is 0. The first-order valence-corrected chi connectivity index (χ1v) is 5.93. The molecule has 1 aromatic rings. The average molecular weight is 264 g/mol. The molecule has 1 fully saturated rings. The summed E-state index contributed by atoms with van der Waals surface area (Å²) in [5.41, 5.74) is -0.292. The second-order valence-corrected chi connectivity index (χ2v) is 4.73. The van der Waals surface area contributed by atoms with Crippen molar-refractivity contribution in [1.82, 2.24) is 5.32 Å². The first-order chi connectivity index (χ1) is 7.97. The molecule has 0 radical (unpaired) electrons. The molecule has 1 aromatic carbocycles. The van der Waals surface area contributed by atoms with Gasteiger partial charge in [-0.05, 0) is 43.5 Å². The minimum Gasteiger partial charge on any atom is -0.314 e. The molecule has 0 aliphatic carbocycles. The van der Waals surface area contributed by atoms with E-state index >= 15 is 0 Å². The molecule has 0 aromatic heterocycles. The number of rotatable bonds is 2. The van der Waals surface area contributed by atoms with Gasteiger partial charge in [-0.15, -0.1) is 0 Å². The van der Waals surface area contributed by atoms with E-state index in [9.17, 15) is 13.2 Å². The summed E-state index contributed by atoms with van der Waals surface area (Å²) in [6, 6.07) is 4.15. The third-order valence-electron chi connectivity index (χ3n) is 3.01. The predicted octanol–water partition coefficient (Wildman–Crippen LogP) is 3.65. The lowest BCUT2D eigenvalue weighted by Crippen LogP contribution is -2.25. The molecule has 1 heterocycles. The van der Waals surface area contributed by atoms with Gasteiger partial charge in [0.15, 0.2) is 0 Å². The van der Waals surface area contributed by atoms with E-state index in [1.165, 1.54) is 12.1 Å². The molecule has 1 atom stereocenters. The van der Waals surface area contributed by atoms with Crippen LogP contribution in [-0.2, 0) is 12.6 Å². The van der Waals surface area contributed by atoms with Crippen molar-refractivity contribution < 1.29 is 13.2 Å². The molecule has 1 N–H and O–H groups in total. The van der Waals surface area contributed by atoms with Crippen molar-refractivity contribution in [3.63, 3.8) is 0 Å². The fourth-order valence-corrected chi connectivity index (χ4v) is 2.36. The van der Waals surface area contributed by atoms with Gasteiger partial charge in [-0.3, -0.25) is 0 Å². The summed E-state index contributed by atoms with van der Waals surface area (Å²) in [5, 5.41) is 3.32. The molecule has 5 heteroatoms. The van der Waals surface area contributed by atoms with Crippen molar-refractivity contribution in [3.05, 3.63) is 34.3 Å². The van der Waals surface area contributed by atoms with E-state index in [2.05, 4.69) is 5.32 Å². The molecule has 1 aliphatic rings. The van der Waals surface area contributed by atoms with E-state index in [1.807, 2.05) is 0 Å². The maximum absolute atomic E-state index is 12.8. The van der Waals surface area contributed by atoms with Crippen LogP contribution in [0.3, 0.4) is 0 Å². The van der Waals surface area contributed by atoms with Crippen LogP contribution in [0.2, 0.25) is 5.02 Å². The summed E-state index contributed by atoms with van der Waals surface area (Å²) in [7, 11) is 0. The smallest absolute Gasteiger partial charge is 0.314 e. The number of hydrogen-bond acceptors (Lipinski definition) is 1. The van der Waals surface area contributed by atoms with E-state index in [1.54, 1.807) is 0 Å². The van der Waals surface area contributed by atoms with Gasteiger partial charge in [-0.25, -0.2) is 0 Å². The molecule has 1 aliphatic heterocycles. The highest BCUT2D eigenvalue weighted by Gasteiger charge is 2.34. The van der Waals surface area contributed by atoms with Crippen LogP contribution in [0.1, 0.15) is 24.0 Å². The number of nitrogens with one attached hydrogen (secondary N) is 1. The Labute approximate surface area is 103 Å². The highest BCUT2D eigenvalue weighted by molar-refractivity contribution is 6.30. The van der Waals surface area contributed by atoms with Gasteiger partial charge in [0.2, 0.25) is 0 Å². The van der Waals surface area contributed by atoms with Crippen molar-refractivity contribution in [1.29, 1.82) is 0 Å². The zero-order chi connectivity index (χ0) is 12.5. The third-order valence-corrected chi connectivity index (χ3v) is 3.24. The zero-order valence-electron chi connectivity index (χ0n) is 9.15. The summed E-state index contributed by atoms with van der Waals surface area (Å²) >= 11 is 5.62. The van der Waals surface area contributed by atoms with Crippen molar-refractivity contribution in [3.8, 4) is 0 Å². The van der Waals surface area contributed by atoms with Gasteiger partial charge in [0, 0.05) is 11.1 Å². The van der Waals surface area contributed by atoms with Crippen LogP contribution in [0.4, 0.5) is 13.2 Å². The number of benzene rings is 1. The topological polar surface area (TPSA) is 12.0 Å². The minimum atomic E-state index is -4.33. The number of halogens is 4. The van der Waals surface area contributed by atoms with E-state index in [0.29, 0.717) is 12.0 Å². The van der Waals surface area contributed by atoms with Crippen molar-refractivity contribution in [2.75, 3.05) is 6.54 Å². The normalized spacial score (nSPS) is 20.8. The van der Waals surface area contributed by atoms with Gasteiger partial charge < -0.3 is 5.32 Å². The highest BCUT2D eigenvalue weighted by Crippen LogP contribution is 2.34. The fraction of sp³-hybridized carbons (Fsp3) is 0.500. The Morgan fingerprint density at radius 1 is 1.35 bits per heavy atom. The Balaban J connectivity index is 2.25. The molecule has 1 nitrogen and oxygen atoms in total. The fourth-order valence-electron chi connectivity index (χ4n) is 2.19. The summed E-state index contributed by atoms with van der Waals surface area (Å²) in [6.07, 6.45) is -1.97. The van der Waals surface area contributed by atoms with Crippen LogP contribution in [0, 0.1) is 0 Å². The Kier molecular flexibility index (Phi) is 3.64.